The van der Waals surface area contributed by atoms with Gasteiger partial charge in [-0.25, -0.2) is 4.39 Å². The zero-order valence-corrected chi connectivity index (χ0v) is 16.0. The van der Waals surface area contributed by atoms with Gasteiger partial charge in [0.2, 0.25) is 5.43 Å². The van der Waals surface area contributed by atoms with Crippen LogP contribution in [0.1, 0.15) is 6.92 Å². The van der Waals surface area contributed by atoms with Crippen molar-refractivity contribution < 1.29 is 18.3 Å². The fourth-order valence-electron chi connectivity index (χ4n) is 2.95. The summed E-state index contributed by atoms with van der Waals surface area (Å²) in [5, 5.41) is 3.55. The summed E-state index contributed by atoms with van der Waals surface area (Å²) in [5.74, 6) is -0.653. The summed E-state index contributed by atoms with van der Waals surface area (Å²) in [5.41, 5.74) is 0.0963. The third kappa shape index (κ3) is 3.67. The molecule has 5 nitrogen and oxygen atoms in total. The van der Waals surface area contributed by atoms with Crippen LogP contribution in [-0.4, -0.2) is 12.0 Å². The van der Waals surface area contributed by atoms with E-state index in [2.05, 4.69) is 5.32 Å². The van der Waals surface area contributed by atoms with E-state index in [0.717, 1.165) is 0 Å². The number of para-hydroxylation sites is 2. The van der Waals surface area contributed by atoms with Crippen molar-refractivity contribution in [1.82, 2.24) is 0 Å². The fourth-order valence-corrected chi connectivity index (χ4v) is 3.13. The highest BCUT2D eigenvalue weighted by Gasteiger charge is 2.17. The molecule has 0 bridgehead atoms. The molecule has 1 aromatic heterocycles. The number of ether oxygens (including phenoxy) is 1. The van der Waals surface area contributed by atoms with Gasteiger partial charge < -0.3 is 14.5 Å². The quantitative estimate of drug-likeness (QED) is 0.472. The first kappa shape index (κ1) is 19.0. The Morgan fingerprint density at radius 1 is 1.10 bits per heavy atom. The Morgan fingerprint density at radius 2 is 1.90 bits per heavy atom. The second kappa shape index (κ2) is 7.56. The number of hydrogen-bond donors (Lipinski definition) is 1. The van der Waals surface area contributed by atoms with Crippen molar-refractivity contribution in [2.45, 2.75) is 13.0 Å². The molecule has 0 radical (unpaired) electrons. The first-order valence-electron chi connectivity index (χ1n) is 8.81. The highest BCUT2D eigenvalue weighted by Crippen LogP contribution is 2.26. The van der Waals surface area contributed by atoms with E-state index in [9.17, 15) is 14.0 Å². The van der Waals surface area contributed by atoms with E-state index >= 15 is 0 Å². The fraction of sp³-hybridized carbons (Fsp3) is 0.0909. The standard InChI is InChI=1S/C22H15ClFNO4/c1-12(28-18-8-3-2-6-16(18)23)22(27)25-13-9-10-14-19(11-13)29-21-15(20(14)26)5-4-7-17(21)24/h2-12H,1H3,(H,25,27). The van der Waals surface area contributed by atoms with Gasteiger partial charge >= 0.3 is 0 Å². The molecule has 4 rings (SSSR count). The average Bonchev–Trinajstić information content (AvgIpc) is 2.70. The van der Waals surface area contributed by atoms with Crippen molar-refractivity contribution in [3.8, 4) is 5.75 Å². The molecule has 1 heterocycles. The SMILES string of the molecule is CC(Oc1ccccc1Cl)C(=O)Nc1ccc2c(=O)c3cccc(F)c3oc2c1. The third-order valence-corrected chi connectivity index (χ3v) is 4.74. The van der Waals surface area contributed by atoms with Crippen LogP contribution in [0.5, 0.6) is 5.75 Å². The molecule has 0 saturated carbocycles. The number of hydrogen-bond acceptors (Lipinski definition) is 4. The van der Waals surface area contributed by atoms with Crippen molar-refractivity contribution in [2.24, 2.45) is 0 Å². The Bertz CT molecular complexity index is 1300. The van der Waals surface area contributed by atoms with Crippen LogP contribution in [0.3, 0.4) is 0 Å². The van der Waals surface area contributed by atoms with Crippen LogP contribution in [0, 0.1) is 5.82 Å². The molecule has 146 valence electrons. The monoisotopic (exact) mass is 411 g/mol. The number of fused-ring (bicyclic) bond motifs is 2. The highest BCUT2D eigenvalue weighted by molar-refractivity contribution is 6.32. The number of rotatable bonds is 4. The van der Waals surface area contributed by atoms with Gasteiger partial charge in [-0.15, -0.1) is 0 Å². The summed E-state index contributed by atoms with van der Waals surface area (Å²) >= 11 is 6.04. The lowest BCUT2D eigenvalue weighted by atomic mass is 10.1. The lowest BCUT2D eigenvalue weighted by molar-refractivity contribution is -0.122. The molecule has 0 spiro atoms. The van der Waals surface area contributed by atoms with Gasteiger partial charge in [-0.3, -0.25) is 9.59 Å². The van der Waals surface area contributed by atoms with Gasteiger partial charge in [0.1, 0.15) is 11.3 Å². The molecule has 4 aromatic rings. The summed E-state index contributed by atoms with van der Waals surface area (Å²) < 4.78 is 25.2. The lowest BCUT2D eigenvalue weighted by Gasteiger charge is -2.15. The van der Waals surface area contributed by atoms with Crippen molar-refractivity contribution in [1.29, 1.82) is 0 Å². The molecule has 0 aliphatic heterocycles. The van der Waals surface area contributed by atoms with Crippen LogP contribution < -0.4 is 15.5 Å². The van der Waals surface area contributed by atoms with Crippen LogP contribution in [0.15, 0.2) is 69.9 Å². The predicted molar refractivity (Wildman–Crippen MR) is 110 cm³/mol. The molecule has 1 unspecified atom stereocenters. The minimum Gasteiger partial charge on any atom is -0.479 e. The average molecular weight is 412 g/mol. The van der Waals surface area contributed by atoms with E-state index in [-0.39, 0.29) is 22.0 Å². The third-order valence-electron chi connectivity index (χ3n) is 4.43. The molecule has 0 aliphatic rings. The van der Waals surface area contributed by atoms with Crippen molar-refractivity contribution in [2.75, 3.05) is 5.32 Å². The van der Waals surface area contributed by atoms with Gasteiger partial charge in [0, 0.05) is 11.8 Å². The lowest BCUT2D eigenvalue weighted by Crippen LogP contribution is -2.30. The van der Waals surface area contributed by atoms with E-state index in [1.165, 1.54) is 30.3 Å². The Labute approximate surface area is 169 Å². The number of carbonyl (C=O) groups excluding carboxylic acids is 1. The van der Waals surface area contributed by atoms with Gasteiger partial charge in [-0.05, 0) is 43.3 Å². The van der Waals surface area contributed by atoms with Gasteiger partial charge in [0.05, 0.1) is 15.8 Å². The topological polar surface area (TPSA) is 68.5 Å². The molecular formula is C22H15ClFNO4. The molecule has 1 N–H and O–H groups in total. The van der Waals surface area contributed by atoms with E-state index in [1.807, 2.05) is 0 Å². The molecular weight excluding hydrogens is 397 g/mol. The van der Waals surface area contributed by atoms with E-state index in [0.29, 0.717) is 21.8 Å². The molecule has 1 atom stereocenters. The minimum atomic E-state index is -0.827. The molecule has 1 amide bonds. The normalized spacial score (nSPS) is 12.1. The number of nitrogens with one attached hydrogen (secondary N) is 1. The van der Waals surface area contributed by atoms with Gasteiger partial charge in [0.15, 0.2) is 17.5 Å². The smallest absolute Gasteiger partial charge is 0.265 e. The Kier molecular flexibility index (Phi) is 4.94. The first-order chi connectivity index (χ1) is 13.9. The Hall–Kier alpha value is -3.38. The summed E-state index contributed by atoms with van der Waals surface area (Å²) in [6.07, 6.45) is -0.827. The van der Waals surface area contributed by atoms with Gasteiger partial charge in [-0.1, -0.05) is 29.8 Å². The summed E-state index contributed by atoms with van der Waals surface area (Å²) in [4.78, 5) is 25.0. The number of anilines is 1. The van der Waals surface area contributed by atoms with Crippen molar-refractivity contribution >= 4 is 45.1 Å². The Balaban J connectivity index is 1.62. The highest BCUT2D eigenvalue weighted by atomic mass is 35.5. The molecule has 0 fully saturated rings. The zero-order valence-electron chi connectivity index (χ0n) is 15.2. The van der Waals surface area contributed by atoms with Crippen molar-refractivity contribution in [3.05, 3.63) is 81.7 Å². The second-order valence-corrected chi connectivity index (χ2v) is 6.85. The van der Waals surface area contributed by atoms with E-state index in [4.69, 9.17) is 20.8 Å². The first-order valence-corrected chi connectivity index (χ1v) is 9.19. The second-order valence-electron chi connectivity index (χ2n) is 6.44. The molecule has 0 saturated heterocycles. The van der Waals surface area contributed by atoms with Crippen molar-refractivity contribution in [3.63, 3.8) is 0 Å². The van der Waals surface area contributed by atoms with Gasteiger partial charge in [-0.2, -0.15) is 0 Å². The van der Waals surface area contributed by atoms with Crippen LogP contribution in [0.2, 0.25) is 5.02 Å². The molecule has 29 heavy (non-hydrogen) atoms. The zero-order chi connectivity index (χ0) is 20.5. The van der Waals surface area contributed by atoms with Crippen LogP contribution in [0.4, 0.5) is 10.1 Å². The minimum absolute atomic E-state index is 0.121. The van der Waals surface area contributed by atoms with Gasteiger partial charge in [0.25, 0.3) is 5.91 Å². The van der Waals surface area contributed by atoms with Crippen LogP contribution in [0.25, 0.3) is 21.9 Å². The predicted octanol–water partition coefficient (Wildman–Crippen LogP) is 5.14. The summed E-state index contributed by atoms with van der Waals surface area (Å²) in [6, 6.07) is 15.6. The number of carbonyl (C=O) groups is 1. The number of halogens is 2. The molecule has 0 aliphatic carbocycles. The maximum atomic E-state index is 14.0. The van der Waals surface area contributed by atoms with E-state index in [1.54, 1.807) is 37.3 Å². The molecule has 3 aromatic carbocycles. The Morgan fingerprint density at radius 3 is 2.69 bits per heavy atom. The summed E-state index contributed by atoms with van der Waals surface area (Å²) in [7, 11) is 0. The van der Waals surface area contributed by atoms with Crippen LogP contribution in [-0.2, 0) is 4.79 Å². The number of amides is 1. The largest absolute Gasteiger partial charge is 0.479 e. The molecule has 7 heteroatoms. The maximum absolute atomic E-state index is 14.0. The van der Waals surface area contributed by atoms with Crippen LogP contribution >= 0.6 is 11.6 Å². The van der Waals surface area contributed by atoms with E-state index < -0.39 is 17.8 Å². The summed E-state index contributed by atoms with van der Waals surface area (Å²) in [6.45, 7) is 1.59. The number of benzene rings is 3. The maximum Gasteiger partial charge on any atom is 0.265 e.